The fourth-order valence-corrected chi connectivity index (χ4v) is 4.15. The quantitative estimate of drug-likeness (QED) is 0.688. The number of rotatable bonds is 6. The van der Waals surface area contributed by atoms with E-state index in [2.05, 4.69) is 25.6 Å². The van der Waals surface area contributed by atoms with E-state index in [1.165, 1.54) is 6.42 Å². The number of amides is 1. The van der Waals surface area contributed by atoms with Crippen LogP contribution in [-0.2, 0) is 6.42 Å². The summed E-state index contributed by atoms with van der Waals surface area (Å²) in [7, 11) is 0. The van der Waals surface area contributed by atoms with E-state index in [1.807, 2.05) is 29.3 Å². The average Bonchev–Trinajstić information content (AvgIpc) is 3.24. The molecule has 3 aromatic rings. The van der Waals surface area contributed by atoms with Crippen LogP contribution in [-0.4, -0.2) is 45.4 Å². The number of carbonyl (C=O) groups excluding carboxylic acids is 1. The van der Waals surface area contributed by atoms with Gasteiger partial charge >= 0.3 is 0 Å². The van der Waals surface area contributed by atoms with Crippen LogP contribution in [0.3, 0.4) is 0 Å². The van der Waals surface area contributed by atoms with Crippen molar-refractivity contribution in [1.29, 1.82) is 0 Å². The molecule has 1 aliphatic rings. The summed E-state index contributed by atoms with van der Waals surface area (Å²) in [6.07, 6.45) is 9.49. The molecule has 1 amide bonds. The second-order valence-corrected chi connectivity index (χ2v) is 7.70. The fraction of sp³-hybridized carbons (Fsp3) is 0.333. The summed E-state index contributed by atoms with van der Waals surface area (Å²) in [5.74, 6) is 0.830. The van der Waals surface area contributed by atoms with Crippen LogP contribution in [0.4, 0.5) is 5.82 Å². The summed E-state index contributed by atoms with van der Waals surface area (Å²) < 4.78 is 0. The van der Waals surface area contributed by atoms with Gasteiger partial charge in [0.25, 0.3) is 5.91 Å². The Balaban J connectivity index is 1.33. The molecule has 1 N–H and O–H groups in total. The summed E-state index contributed by atoms with van der Waals surface area (Å²) in [4.78, 5) is 27.7. The van der Waals surface area contributed by atoms with Gasteiger partial charge in [-0.05, 0) is 43.5 Å². The van der Waals surface area contributed by atoms with E-state index < -0.39 is 0 Å². The number of piperidine rings is 1. The van der Waals surface area contributed by atoms with Crippen LogP contribution >= 0.6 is 11.3 Å². The van der Waals surface area contributed by atoms with Gasteiger partial charge in [-0.25, -0.2) is 9.97 Å². The fourth-order valence-electron chi connectivity index (χ4n) is 3.30. The van der Waals surface area contributed by atoms with Crippen LogP contribution in [0.25, 0.3) is 10.6 Å². The van der Waals surface area contributed by atoms with Gasteiger partial charge in [0.05, 0.1) is 5.69 Å². The third kappa shape index (κ3) is 4.54. The molecular weight excluding hydrogens is 370 g/mol. The Kier molecular flexibility index (Phi) is 5.92. The van der Waals surface area contributed by atoms with Crippen LogP contribution in [0.1, 0.15) is 35.3 Å². The summed E-state index contributed by atoms with van der Waals surface area (Å²) in [6.45, 7) is 2.42. The largest absolute Gasteiger partial charge is 0.370 e. The molecule has 144 valence electrons. The van der Waals surface area contributed by atoms with Gasteiger partial charge in [-0.3, -0.25) is 9.78 Å². The van der Waals surface area contributed by atoms with Crippen LogP contribution in [0.5, 0.6) is 0 Å². The highest BCUT2D eigenvalue weighted by Crippen LogP contribution is 2.23. The van der Waals surface area contributed by atoms with E-state index in [1.54, 1.807) is 29.8 Å². The normalized spacial score (nSPS) is 14.1. The minimum atomic E-state index is 0.103. The van der Waals surface area contributed by atoms with Gasteiger partial charge in [0.15, 0.2) is 0 Å². The van der Waals surface area contributed by atoms with E-state index in [4.69, 9.17) is 0 Å². The first kappa shape index (κ1) is 18.6. The maximum atomic E-state index is 12.6. The van der Waals surface area contributed by atoms with E-state index in [0.29, 0.717) is 12.1 Å². The number of carbonyl (C=O) groups is 1. The maximum absolute atomic E-state index is 12.6. The van der Waals surface area contributed by atoms with Gasteiger partial charge in [0.1, 0.15) is 10.8 Å². The van der Waals surface area contributed by atoms with Crippen molar-refractivity contribution in [3.05, 3.63) is 59.5 Å². The van der Waals surface area contributed by atoms with Gasteiger partial charge in [-0.15, -0.1) is 11.3 Å². The third-order valence-electron chi connectivity index (χ3n) is 4.80. The van der Waals surface area contributed by atoms with E-state index in [9.17, 15) is 4.79 Å². The summed E-state index contributed by atoms with van der Waals surface area (Å²) in [5.41, 5.74) is 2.78. The molecular formula is C21H23N5OS. The molecule has 1 fully saturated rings. The Morgan fingerprint density at radius 2 is 2.07 bits per heavy atom. The molecule has 0 atom stereocenters. The van der Waals surface area contributed by atoms with Gasteiger partial charge in [-0.1, -0.05) is 0 Å². The molecule has 0 aromatic carbocycles. The number of anilines is 1. The summed E-state index contributed by atoms with van der Waals surface area (Å²) in [6, 6.07) is 7.58. The molecule has 0 saturated carbocycles. The first-order valence-corrected chi connectivity index (χ1v) is 10.5. The van der Waals surface area contributed by atoms with Crippen LogP contribution in [0, 0.1) is 0 Å². The molecule has 4 rings (SSSR count). The number of likely N-dealkylation sites (tertiary alicyclic amines) is 1. The minimum Gasteiger partial charge on any atom is -0.370 e. The molecule has 1 saturated heterocycles. The number of nitrogens with zero attached hydrogens (tertiary/aromatic N) is 4. The number of hydrogen-bond donors (Lipinski definition) is 1. The number of thiazole rings is 1. The molecule has 6 nitrogen and oxygen atoms in total. The Bertz CT molecular complexity index is 921. The van der Waals surface area contributed by atoms with Crippen molar-refractivity contribution in [1.82, 2.24) is 19.9 Å². The van der Waals surface area contributed by atoms with Crippen molar-refractivity contribution >= 4 is 23.1 Å². The lowest BCUT2D eigenvalue weighted by Crippen LogP contribution is -2.35. The Morgan fingerprint density at radius 1 is 1.18 bits per heavy atom. The minimum absolute atomic E-state index is 0.103. The monoisotopic (exact) mass is 393 g/mol. The van der Waals surface area contributed by atoms with Gasteiger partial charge in [-0.2, -0.15) is 0 Å². The maximum Gasteiger partial charge on any atom is 0.254 e. The van der Waals surface area contributed by atoms with Crippen LogP contribution in [0.2, 0.25) is 0 Å². The molecule has 0 radical (unpaired) electrons. The summed E-state index contributed by atoms with van der Waals surface area (Å²) in [5, 5.41) is 6.37. The van der Waals surface area contributed by atoms with Crippen molar-refractivity contribution in [3.63, 3.8) is 0 Å². The highest BCUT2D eigenvalue weighted by Gasteiger charge is 2.18. The zero-order valence-corrected chi connectivity index (χ0v) is 16.5. The highest BCUT2D eigenvalue weighted by molar-refractivity contribution is 7.13. The Morgan fingerprint density at radius 3 is 2.89 bits per heavy atom. The molecule has 28 heavy (non-hydrogen) atoms. The standard InChI is InChI=1S/C21H23N5OS/c27-21(26-11-2-1-3-12-26)16-6-9-23-19(13-16)24-10-7-18-15-28-20(25-18)17-5-4-8-22-14-17/h4-6,8-9,13-15H,1-3,7,10-12H2,(H,23,24). The highest BCUT2D eigenvalue weighted by atomic mass is 32.1. The zero-order chi connectivity index (χ0) is 19.2. The molecule has 0 unspecified atom stereocenters. The van der Waals surface area contributed by atoms with E-state index >= 15 is 0 Å². The second kappa shape index (κ2) is 8.93. The van der Waals surface area contributed by atoms with Gasteiger partial charge < -0.3 is 10.2 Å². The van der Waals surface area contributed by atoms with Crippen molar-refractivity contribution in [3.8, 4) is 10.6 Å². The van der Waals surface area contributed by atoms with Crippen molar-refractivity contribution in [2.24, 2.45) is 0 Å². The van der Waals surface area contributed by atoms with Gasteiger partial charge in [0.2, 0.25) is 0 Å². The molecule has 4 heterocycles. The molecule has 7 heteroatoms. The van der Waals surface area contributed by atoms with Crippen molar-refractivity contribution in [2.45, 2.75) is 25.7 Å². The SMILES string of the molecule is O=C(c1ccnc(NCCc2csc(-c3cccnc3)n2)c1)N1CCCCC1. The second-order valence-electron chi connectivity index (χ2n) is 6.85. The Hall–Kier alpha value is -2.80. The molecule has 3 aromatic heterocycles. The predicted octanol–water partition coefficient (Wildman–Crippen LogP) is 3.88. The lowest BCUT2D eigenvalue weighted by atomic mass is 10.1. The van der Waals surface area contributed by atoms with Crippen LogP contribution < -0.4 is 5.32 Å². The number of pyridine rings is 2. The first-order chi connectivity index (χ1) is 13.8. The van der Waals surface area contributed by atoms with Crippen molar-refractivity contribution < 1.29 is 4.79 Å². The Labute approximate surface area is 168 Å². The smallest absolute Gasteiger partial charge is 0.254 e. The first-order valence-electron chi connectivity index (χ1n) is 9.63. The van der Waals surface area contributed by atoms with Crippen molar-refractivity contribution in [2.75, 3.05) is 25.0 Å². The molecule has 0 aliphatic carbocycles. The molecule has 0 bridgehead atoms. The van der Waals surface area contributed by atoms with Crippen LogP contribution in [0.15, 0.2) is 48.2 Å². The number of aromatic nitrogens is 3. The molecule has 1 aliphatic heterocycles. The number of nitrogens with one attached hydrogen (secondary N) is 1. The zero-order valence-electron chi connectivity index (χ0n) is 15.7. The predicted molar refractivity (Wildman–Crippen MR) is 112 cm³/mol. The van der Waals surface area contributed by atoms with E-state index in [0.717, 1.165) is 54.4 Å². The lowest BCUT2D eigenvalue weighted by Gasteiger charge is -2.26. The van der Waals surface area contributed by atoms with E-state index in [-0.39, 0.29) is 5.91 Å². The summed E-state index contributed by atoms with van der Waals surface area (Å²) >= 11 is 1.63. The average molecular weight is 394 g/mol. The molecule has 0 spiro atoms. The lowest BCUT2D eigenvalue weighted by molar-refractivity contribution is 0.0724. The number of hydrogen-bond acceptors (Lipinski definition) is 6. The third-order valence-corrected chi connectivity index (χ3v) is 5.74. The van der Waals surface area contributed by atoms with Gasteiger partial charge in [0, 0.05) is 61.2 Å². The topological polar surface area (TPSA) is 71.0 Å².